The Bertz CT molecular complexity index is 247. The predicted molar refractivity (Wildman–Crippen MR) is 36.2 cm³/mol. The Labute approximate surface area is 65.2 Å². The van der Waals surface area contributed by atoms with Gasteiger partial charge >= 0.3 is 0 Å². The topological polar surface area (TPSA) is 60.1 Å². The number of fused-ring (bicyclic) bond motifs is 1. The molecule has 3 nitrogen and oxygen atoms in total. The smallest absolute Gasteiger partial charge is 0.198 e. The first kappa shape index (κ1) is 6.64. The molecular weight excluding hydrogens is 140 g/mol. The summed E-state index contributed by atoms with van der Waals surface area (Å²) in [5.41, 5.74) is -1.44. The normalized spacial score (nSPS) is 46.7. The maximum atomic E-state index is 8.76. The van der Waals surface area contributed by atoms with Crippen molar-refractivity contribution in [2.75, 3.05) is 0 Å². The van der Waals surface area contributed by atoms with E-state index in [-0.39, 0.29) is 0 Å². The van der Waals surface area contributed by atoms with Gasteiger partial charge in [-0.1, -0.05) is 0 Å². The summed E-state index contributed by atoms with van der Waals surface area (Å²) in [6.07, 6.45) is 3.49. The molecule has 2 fully saturated rings. The number of ether oxygens (including phenoxy) is 1. The van der Waals surface area contributed by atoms with Gasteiger partial charge in [-0.05, 0) is 25.7 Å². The average molecular weight is 148 g/mol. The van der Waals surface area contributed by atoms with E-state index in [1.165, 1.54) is 0 Å². The summed E-state index contributed by atoms with van der Waals surface area (Å²) in [4.78, 5) is 0. The van der Waals surface area contributed by atoms with Crippen LogP contribution < -0.4 is 0 Å². The van der Waals surface area contributed by atoms with E-state index in [9.17, 15) is 0 Å². The molecule has 1 saturated carbocycles. The van der Waals surface area contributed by atoms with Crippen LogP contribution in [0.3, 0.4) is 0 Å². The third-order valence-electron chi connectivity index (χ3n) is 2.63. The highest BCUT2D eigenvalue weighted by Crippen LogP contribution is 2.56. The van der Waals surface area contributed by atoms with Gasteiger partial charge in [0.15, 0.2) is 11.2 Å². The zero-order chi connectivity index (χ0) is 7.95. The van der Waals surface area contributed by atoms with Crippen LogP contribution in [-0.4, -0.2) is 11.2 Å². The van der Waals surface area contributed by atoms with Crippen LogP contribution in [0, 0.1) is 22.7 Å². The second kappa shape index (κ2) is 1.75. The molecule has 3 heteroatoms. The molecule has 2 rings (SSSR count). The van der Waals surface area contributed by atoms with Crippen LogP contribution in [0.25, 0.3) is 0 Å². The fourth-order valence-electron chi connectivity index (χ4n) is 1.86. The van der Waals surface area contributed by atoms with Crippen LogP contribution in [0.5, 0.6) is 0 Å². The van der Waals surface area contributed by atoms with E-state index in [0.29, 0.717) is 0 Å². The first-order valence-corrected chi connectivity index (χ1v) is 3.81. The van der Waals surface area contributed by atoms with E-state index in [1.807, 2.05) is 0 Å². The maximum absolute atomic E-state index is 8.76. The standard InChI is InChI=1S/C8H8N2O/c9-5-7-3-1-2-4-8(7,6-10)11-7/h1-4H2/t7-,8-/m1/s1. The first-order chi connectivity index (χ1) is 5.29. The molecule has 0 spiro atoms. The summed E-state index contributed by atoms with van der Waals surface area (Å²) in [6, 6.07) is 4.20. The molecule has 1 aliphatic heterocycles. The molecule has 56 valence electrons. The monoisotopic (exact) mass is 148 g/mol. The zero-order valence-corrected chi connectivity index (χ0v) is 6.13. The Hall–Kier alpha value is -1.06. The third-order valence-corrected chi connectivity index (χ3v) is 2.63. The Morgan fingerprint density at radius 3 is 1.82 bits per heavy atom. The van der Waals surface area contributed by atoms with Gasteiger partial charge in [0.2, 0.25) is 0 Å². The zero-order valence-electron chi connectivity index (χ0n) is 6.13. The van der Waals surface area contributed by atoms with Crippen LogP contribution >= 0.6 is 0 Å². The van der Waals surface area contributed by atoms with Gasteiger partial charge in [0, 0.05) is 0 Å². The number of epoxide rings is 1. The molecule has 0 N–H and O–H groups in total. The summed E-state index contributed by atoms with van der Waals surface area (Å²) in [5, 5.41) is 17.5. The number of hydrogen-bond donors (Lipinski definition) is 0. The van der Waals surface area contributed by atoms with Gasteiger partial charge < -0.3 is 4.74 Å². The van der Waals surface area contributed by atoms with E-state index < -0.39 is 11.2 Å². The minimum absolute atomic E-state index is 0.722. The van der Waals surface area contributed by atoms with Crippen molar-refractivity contribution in [1.82, 2.24) is 0 Å². The number of nitrogens with zero attached hydrogens (tertiary/aromatic N) is 2. The summed E-state index contributed by atoms with van der Waals surface area (Å²) < 4.78 is 5.23. The summed E-state index contributed by atoms with van der Waals surface area (Å²) in [6.45, 7) is 0. The van der Waals surface area contributed by atoms with E-state index in [2.05, 4.69) is 12.1 Å². The lowest BCUT2D eigenvalue weighted by atomic mass is 9.81. The van der Waals surface area contributed by atoms with E-state index in [4.69, 9.17) is 15.3 Å². The summed E-state index contributed by atoms with van der Waals surface area (Å²) >= 11 is 0. The molecule has 0 unspecified atom stereocenters. The minimum atomic E-state index is -0.722. The Balaban J connectivity index is 2.30. The van der Waals surface area contributed by atoms with Crippen LogP contribution in [0.1, 0.15) is 25.7 Å². The van der Waals surface area contributed by atoms with Crippen molar-refractivity contribution < 1.29 is 4.74 Å². The van der Waals surface area contributed by atoms with Crippen molar-refractivity contribution in [3.8, 4) is 12.1 Å². The molecule has 2 atom stereocenters. The van der Waals surface area contributed by atoms with Crippen molar-refractivity contribution in [2.24, 2.45) is 0 Å². The second-order valence-corrected chi connectivity index (χ2v) is 3.19. The number of rotatable bonds is 0. The van der Waals surface area contributed by atoms with Crippen molar-refractivity contribution in [3.63, 3.8) is 0 Å². The highest BCUT2D eigenvalue weighted by atomic mass is 16.6. The molecule has 0 aromatic rings. The highest BCUT2D eigenvalue weighted by molar-refractivity contribution is 5.36. The lowest BCUT2D eigenvalue weighted by Crippen LogP contribution is -2.26. The second-order valence-electron chi connectivity index (χ2n) is 3.19. The molecular formula is C8H8N2O. The van der Waals surface area contributed by atoms with E-state index in [1.54, 1.807) is 0 Å². The number of hydrogen-bond acceptors (Lipinski definition) is 3. The predicted octanol–water partition coefficient (Wildman–Crippen LogP) is 1.12. The SMILES string of the molecule is N#C[C@]12CCCC[C@]1(C#N)O2. The quantitative estimate of drug-likeness (QED) is 0.483. The molecule has 0 aromatic heterocycles. The van der Waals surface area contributed by atoms with Crippen LogP contribution in [-0.2, 0) is 4.74 Å². The Morgan fingerprint density at radius 1 is 1.00 bits per heavy atom. The fourth-order valence-corrected chi connectivity index (χ4v) is 1.86. The molecule has 0 aromatic carbocycles. The average Bonchev–Trinajstić information content (AvgIpc) is 2.75. The van der Waals surface area contributed by atoms with Gasteiger partial charge in [-0.15, -0.1) is 0 Å². The van der Waals surface area contributed by atoms with Crippen LogP contribution in [0.15, 0.2) is 0 Å². The van der Waals surface area contributed by atoms with Gasteiger partial charge in [-0.25, -0.2) is 0 Å². The first-order valence-electron chi connectivity index (χ1n) is 3.81. The molecule has 0 radical (unpaired) electrons. The summed E-state index contributed by atoms with van der Waals surface area (Å²) in [7, 11) is 0. The van der Waals surface area contributed by atoms with Crippen LogP contribution in [0.2, 0.25) is 0 Å². The Kier molecular flexibility index (Phi) is 1.06. The molecule has 2 aliphatic rings. The maximum Gasteiger partial charge on any atom is 0.198 e. The summed E-state index contributed by atoms with van der Waals surface area (Å²) in [5.74, 6) is 0. The molecule has 1 heterocycles. The van der Waals surface area contributed by atoms with Gasteiger partial charge in [0.25, 0.3) is 0 Å². The molecule has 1 saturated heterocycles. The highest BCUT2D eigenvalue weighted by Gasteiger charge is 2.72. The van der Waals surface area contributed by atoms with Gasteiger partial charge in [0.1, 0.15) is 12.1 Å². The molecule has 0 bridgehead atoms. The van der Waals surface area contributed by atoms with E-state index in [0.717, 1.165) is 25.7 Å². The van der Waals surface area contributed by atoms with Gasteiger partial charge in [0.05, 0.1) is 0 Å². The van der Waals surface area contributed by atoms with Gasteiger partial charge in [-0.3, -0.25) is 0 Å². The van der Waals surface area contributed by atoms with Gasteiger partial charge in [-0.2, -0.15) is 10.5 Å². The fraction of sp³-hybridized carbons (Fsp3) is 0.750. The van der Waals surface area contributed by atoms with Crippen molar-refractivity contribution in [2.45, 2.75) is 36.9 Å². The molecule has 0 amide bonds. The van der Waals surface area contributed by atoms with E-state index >= 15 is 0 Å². The third kappa shape index (κ3) is 0.593. The Morgan fingerprint density at radius 2 is 1.45 bits per heavy atom. The van der Waals surface area contributed by atoms with Crippen molar-refractivity contribution in [3.05, 3.63) is 0 Å². The largest absolute Gasteiger partial charge is 0.330 e. The number of nitriles is 2. The molecule has 1 aliphatic carbocycles. The lowest BCUT2D eigenvalue weighted by molar-refractivity contribution is 0.313. The lowest BCUT2D eigenvalue weighted by Gasteiger charge is -2.13. The van der Waals surface area contributed by atoms with Crippen molar-refractivity contribution in [1.29, 1.82) is 10.5 Å². The van der Waals surface area contributed by atoms with Crippen LogP contribution in [0.4, 0.5) is 0 Å². The minimum Gasteiger partial charge on any atom is -0.330 e. The molecule has 11 heavy (non-hydrogen) atoms. The van der Waals surface area contributed by atoms with Crippen molar-refractivity contribution >= 4 is 0 Å².